The zero-order chi connectivity index (χ0) is 12.1. The Hall–Kier alpha value is -1.80. The Labute approximate surface area is 97.1 Å². The zero-order valence-electron chi connectivity index (χ0n) is 9.71. The Bertz CT molecular complexity index is 292. The van der Waals surface area contributed by atoms with Crippen LogP contribution in [0.15, 0.2) is 66.7 Å². The second-order valence-electron chi connectivity index (χ2n) is 2.90. The summed E-state index contributed by atoms with van der Waals surface area (Å²) in [5.41, 5.74) is 0. The second kappa shape index (κ2) is 11.3. The number of hydrogen-bond acceptors (Lipinski definition) is 2. The van der Waals surface area contributed by atoms with Crippen molar-refractivity contribution in [2.75, 3.05) is 14.2 Å². The minimum absolute atomic E-state index is 0.322. The maximum absolute atomic E-state index is 8.63. The second-order valence-corrected chi connectivity index (χ2v) is 2.90. The lowest BCUT2D eigenvalue weighted by Crippen LogP contribution is -1.56. The van der Waals surface area contributed by atoms with Crippen molar-refractivity contribution in [1.29, 1.82) is 0 Å². The molecule has 0 bridgehead atoms. The molecular formula is C14H18O2. The van der Waals surface area contributed by atoms with Crippen LogP contribution in [0.3, 0.4) is 0 Å². The fourth-order valence-corrected chi connectivity index (χ4v) is 0.813. The molecule has 0 atom stereocenters. The summed E-state index contributed by atoms with van der Waals surface area (Å²) >= 11 is 0. The van der Waals surface area contributed by atoms with Crippen LogP contribution in [-0.2, 0) is 4.74 Å². The molecule has 0 unspecified atom stereocenters. The van der Waals surface area contributed by atoms with E-state index < -0.39 is 0 Å². The molecule has 2 heteroatoms. The summed E-state index contributed by atoms with van der Waals surface area (Å²) in [6.07, 6.45) is 0. The highest BCUT2D eigenvalue weighted by atomic mass is 16.4. The summed E-state index contributed by atoms with van der Waals surface area (Å²) in [6.45, 7) is 0. The number of phenols is 1. The van der Waals surface area contributed by atoms with Gasteiger partial charge in [-0.3, -0.25) is 0 Å². The fourth-order valence-electron chi connectivity index (χ4n) is 0.813. The van der Waals surface area contributed by atoms with Gasteiger partial charge in [-0.15, -0.1) is 0 Å². The Morgan fingerprint density at radius 3 is 1.12 bits per heavy atom. The van der Waals surface area contributed by atoms with Gasteiger partial charge in [-0.25, -0.2) is 0 Å². The van der Waals surface area contributed by atoms with Gasteiger partial charge in [0.25, 0.3) is 0 Å². The van der Waals surface area contributed by atoms with E-state index in [1.165, 1.54) is 0 Å². The standard InChI is InChI=1S/C6H6O.C6H6.C2H6O/c7-6-4-2-1-3-5-6;1-2-4-6-5-3-1;1-3-2/h1-5,7H;1-6H;1-2H3. The van der Waals surface area contributed by atoms with Crippen LogP contribution in [0.25, 0.3) is 0 Å². The van der Waals surface area contributed by atoms with Crippen LogP contribution in [0.4, 0.5) is 0 Å². The number of methoxy groups -OCH3 is 1. The van der Waals surface area contributed by atoms with Gasteiger partial charge < -0.3 is 9.84 Å². The smallest absolute Gasteiger partial charge is 0.115 e. The SMILES string of the molecule is COC.Oc1ccccc1.c1ccccc1. The molecule has 0 heterocycles. The van der Waals surface area contributed by atoms with E-state index in [1.807, 2.05) is 42.5 Å². The Balaban J connectivity index is 0.000000230. The average Bonchev–Trinajstić information content (AvgIpc) is 2.34. The molecule has 2 nitrogen and oxygen atoms in total. The molecule has 0 saturated heterocycles. The van der Waals surface area contributed by atoms with Crippen LogP contribution in [-0.4, -0.2) is 19.3 Å². The van der Waals surface area contributed by atoms with E-state index in [0.29, 0.717) is 5.75 Å². The predicted molar refractivity (Wildman–Crippen MR) is 67.5 cm³/mol. The predicted octanol–water partition coefficient (Wildman–Crippen LogP) is 3.34. The lowest BCUT2D eigenvalue weighted by atomic mass is 10.3. The molecule has 1 N–H and O–H groups in total. The van der Waals surface area contributed by atoms with Crippen molar-refractivity contribution < 1.29 is 9.84 Å². The molecule has 2 aromatic carbocycles. The molecule has 86 valence electrons. The molecule has 2 rings (SSSR count). The number of phenolic OH excluding ortho intramolecular Hbond substituents is 1. The van der Waals surface area contributed by atoms with Gasteiger partial charge in [0.1, 0.15) is 5.75 Å². The third-order valence-electron chi connectivity index (χ3n) is 1.42. The molecule has 0 aliphatic carbocycles. The third-order valence-corrected chi connectivity index (χ3v) is 1.42. The van der Waals surface area contributed by atoms with Crippen molar-refractivity contribution in [2.45, 2.75) is 0 Å². The topological polar surface area (TPSA) is 29.5 Å². The van der Waals surface area contributed by atoms with Crippen LogP contribution < -0.4 is 0 Å². The molecule has 2 aromatic rings. The summed E-state index contributed by atoms with van der Waals surface area (Å²) in [6, 6.07) is 20.7. The quantitative estimate of drug-likeness (QED) is 0.734. The van der Waals surface area contributed by atoms with Crippen molar-refractivity contribution in [2.24, 2.45) is 0 Å². The number of para-hydroxylation sites is 1. The Morgan fingerprint density at radius 2 is 0.938 bits per heavy atom. The lowest BCUT2D eigenvalue weighted by molar-refractivity contribution is 0.277. The zero-order valence-corrected chi connectivity index (χ0v) is 9.71. The third kappa shape index (κ3) is 10.3. The van der Waals surface area contributed by atoms with Crippen LogP contribution in [0.2, 0.25) is 0 Å². The van der Waals surface area contributed by atoms with Crippen molar-refractivity contribution in [1.82, 2.24) is 0 Å². The summed E-state index contributed by atoms with van der Waals surface area (Å²) in [5.74, 6) is 0.322. The van der Waals surface area contributed by atoms with Crippen LogP contribution >= 0.6 is 0 Å². The number of benzene rings is 2. The van der Waals surface area contributed by atoms with Crippen molar-refractivity contribution in [3.05, 3.63) is 66.7 Å². The molecular weight excluding hydrogens is 200 g/mol. The maximum atomic E-state index is 8.63. The van der Waals surface area contributed by atoms with E-state index in [4.69, 9.17) is 5.11 Å². The molecule has 16 heavy (non-hydrogen) atoms. The molecule has 0 aliphatic heterocycles. The lowest BCUT2D eigenvalue weighted by Gasteiger charge is -1.82. The number of ether oxygens (including phenoxy) is 1. The first-order valence-electron chi connectivity index (χ1n) is 4.95. The van der Waals surface area contributed by atoms with Crippen molar-refractivity contribution in [3.63, 3.8) is 0 Å². The average molecular weight is 218 g/mol. The van der Waals surface area contributed by atoms with Crippen molar-refractivity contribution in [3.8, 4) is 5.75 Å². The van der Waals surface area contributed by atoms with Gasteiger partial charge in [-0.2, -0.15) is 0 Å². The molecule has 0 amide bonds. The van der Waals surface area contributed by atoms with Gasteiger partial charge in [0.15, 0.2) is 0 Å². The van der Waals surface area contributed by atoms with Crippen LogP contribution in [0, 0.1) is 0 Å². The minimum Gasteiger partial charge on any atom is -0.508 e. The van der Waals surface area contributed by atoms with Gasteiger partial charge >= 0.3 is 0 Å². The highest BCUT2D eigenvalue weighted by Crippen LogP contribution is 2.02. The Morgan fingerprint density at radius 1 is 0.688 bits per heavy atom. The molecule has 0 aliphatic rings. The van der Waals surface area contributed by atoms with Gasteiger partial charge in [-0.1, -0.05) is 54.6 Å². The summed E-state index contributed by atoms with van der Waals surface area (Å²) < 4.78 is 4.25. The molecule has 0 fully saturated rings. The minimum atomic E-state index is 0.322. The van der Waals surface area contributed by atoms with E-state index in [9.17, 15) is 0 Å². The first kappa shape index (κ1) is 14.2. The van der Waals surface area contributed by atoms with Crippen molar-refractivity contribution >= 4 is 0 Å². The maximum Gasteiger partial charge on any atom is 0.115 e. The summed E-state index contributed by atoms with van der Waals surface area (Å²) in [7, 11) is 3.25. The fraction of sp³-hybridized carbons (Fsp3) is 0.143. The van der Waals surface area contributed by atoms with E-state index in [1.54, 1.807) is 38.5 Å². The van der Waals surface area contributed by atoms with Gasteiger partial charge in [0.2, 0.25) is 0 Å². The highest BCUT2D eigenvalue weighted by Gasteiger charge is 1.74. The molecule has 0 saturated carbocycles. The number of hydrogen-bond donors (Lipinski definition) is 1. The van der Waals surface area contributed by atoms with E-state index in [-0.39, 0.29) is 0 Å². The van der Waals surface area contributed by atoms with Gasteiger partial charge in [0.05, 0.1) is 0 Å². The number of rotatable bonds is 0. The summed E-state index contributed by atoms with van der Waals surface area (Å²) in [4.78, 5) is 0. The first-order chi connectivity index (χ1) is 7.81. The normalized spacial score (nSPS) is 7.88. The molecule has 0 radical (unpaired) electrons. The molecule has 0 spiro atoms. The van der Waals surface area contributed by atoms with Gasteiger partial charge in [-0.05, 0) is 12.1 Å². The van der Waals surface area contributed by atoms with Crippen LogP contribution in [0.1, 0.15) is 0 Å². The van der Waals surface area contributed by atoms with E-state index in [2.05, 4.69) is 4.74 Å². The first-order valence-corrected chi connectivity index (χ1v) is 4.95. The van der Waals surface area contributed by atoms with Gasteiger partial charge in [0, 0.05) is 14.2 Å². The largest absolute Gasteiger partial charge is 0.508 e. The monoisotopic (exact) mass is 218 g/mol. The Kier molecular flexibility index (Phi) is 10.0. The van der Waals surface area contributed by atoms with Crippen LogP contribution in [0.5, 0.6) is 5.75 Å². The summed E-state index contributed by atoms with van der Waals surface area (Å²) in [5, 5.41) is 8.63. The highest BCUT2D eigenvalue weighted by molar-refractivity contribution is 5.18. The number of aromatic hydroxyl groups is 1. The van der Waals surface area contributed by atoms with E-state index in [0.717, 1.165) is 0 Å². The molecule has 0 aromatic heterocycles. The van der Waals surface area contributed by atoms with E-state index >= 15 is 0 Å².